The van der Waals surface area contributed by atoms with Gasteiger partial charge in [-0.15, -0.1) is 0 Å². The number of carbonyl (C=O) groups is 1. The van der Waals surface area contributed by atoms with E-state index in [0.29, 0.717) is 38.5 Å². The first-order valence-electron chi connectivity index (χ1n) is 9.81. The number of rotatable bonds is 4. The minimum absolute atomic E-state index is 0.0581. The summed E-state index contributed by atoms with van der Waals surface area (Å²) in [5.41, 5.74) is 1.01. The third-order valence-electron chi connectivity index (χ3n) is 5.84. The highest BCUT2D eigenvalue weighted by Crippen LogP contribution is 2.29. The number of likely N-dealkylation sites (tertiary alicyclic amines) is 1. The number of amides is 1. The van der Waals surface area contributed by atoms with Crippen molar-refractivity contribution in [2.45, 2.75) is 49.6 Å². The van der Waals surface area contributed by atoms with Crippen LogP contribution in [0.2, 0.25) is 0 Å². The quantitative estimate of drug-likeness (QED) is 0.786. The van der Waals surface area contributed by atoms with Crippen LogP contribution in [0.15, 0.2) is 47.9 Å². The number of hydrogen-bond acceptors (Lipinski definition) is 4. The normalized spacial score (nSPS) is 21.9. The molecule has 0 bridgehead atoms. The summed E-state index contributed by atoms with van der Waals surface area (Å²) in [5, 5.41) is 0. The van der Waals surface area contributed by atoms with E-state index in [-0.39, 0.29) is 10.8 Å². The van der Waals surface area contributed by atoms with Crippen LogP contribution in [-0.2, 0) is 14.8 Å². The Kier molecular flexibility index (Phi) is 5.25. The maximum absolute atomic E-state index is 13.1. The van der Waals surface area contributed by atoms with Crippen molar-refractivity contribution < 1.29 is 13.2 Å². The summed E-state index contributed by atoms with van der Waals surface area (Å²) >= 11 is 0. The van der Waals surface area contributed by atoms with Crippen molar-refractivity contribution in [1.82, 2.24) is 18.8 Å². The van der Waals surface area contributed by atoms with E-state index >= 15 is 0 Å². The maximum atomic E-state index is 13.1. The zero-order valence-electron chi connectivity index (χ0n) is 16.1. The molecule has 0 aliphatic carbocycles. The van der Waals surface area contributed by atoms with E-state index in [9.17, 15) is 13.2 Å². The molecular formula is C20H26N4O3S. The Hall–Kier alpha value is -2.19. The highest BCUT2D eigenvalue weighted by molar-refractivity contribution is 7.89. The van der Waals surface area contributed by atoms with Crippen molar-refractivity contribution >= 4 is 15.9 Å². The Bertz CT molecular complexity index is 917. The highest BCUT2D eigenvalue weighted by atomic mass is 32.2. The fourth-order valence-electron chi connectivity index (χ4n) is 4.20. The number of hydrogen-bond donors (Lipinski definition) is 0. The molecule has 0 N–H and O–H groups in total. The van der Waals surface area contributed by atoms with Crippen molar-refractivity contribution in [3.05, 3.63) is 48.5 Å². The molecule has 2 saturated heterocycles. The van der Waals surface area contributed by atoms with Crippen molar-refractivity contribution in [2.24, 2.45) is 0 Å². The molecular weight excluding hydrogens is 376 g/mol. The van der Waals surface area contributed by atoms with Crippen molar-refractivity contribution in [3.63, 3.8) is 0 Å². The van der Waals surface area contributed by atoms with Gasteiger partial charge in [-0.3, -0.25) is 4.79 Å². The molecule has 3 heterocycles. The predicted molar refractivity (Wildman–Crippen MR) is 105 cm³/mol. The van der Waals surface area contributed by atoms with Gasteiger partial charge in [-0.25, -0.2) is 13.4 Å². The van der Waals surface area contributed by atoms with Crippen LogP contribution < -0.4 is 0 Å². The molecule has 8 heteroatoms. The lowest BCUT2D eigenvalue weighted by molar-refractivity contribution is -0.135. The third kappa shape index (κ3) is 3.58. The molecule has 150 valence electrons. The zero-order chi connectivity index (χ0) is 19.7. The topological polar surface area (TPSA) is 75.5 Å². The van der Waals surface area contributed by atoms with Crippen LogP contribution >= 0.6 is 0 Å². The average Bonchev–Trinajstić information content (AvgIpc) is 3.40. The van der Waals surface area contributed by atoms with E-state index < -0.39 is 16.1 Å². The molecule has 2 aromatic rings. The van der Waals surface area contributed by atoms with Crippen LogP contribution in [0.5, 0.6) is 0 Å². The van der Waals surface area contributed by atoms with Crippen molar-refractivity contribution in [1.29, 1.82) is 0 Å². The van der Waals surface area contributed by atoms with Crippen molar-refractivity contribution in [3.8, 4) is 0 Å². The number of benzene rings is 1. The van der Waals surface area contributed by atoms with Gasteiger partial charge in [0.1, 0.15) is 6.04 Å². The van der Waals surface area contributed by atoms with Gasteiger partial charge in [0.05, 0.1) is 11.2 Å². The maximum Gasteiger partial charge on any atom is 0.243 e. The molecule has 28 heavy (non-hydrogen) atoms. The van der Waals surface area contributed by atoms with Crippen LogP contribution in [0.4, 0.5) is 0 Å². The minimum Gasteiger partial charge on any atom is -0.341 e. The monoisotopic (exact) mass is 402 g/mol. The van der Waals surface area contributed by atoms with Crippen LogP contribution in [0.25, 0.3) is 0 Å². The highest BCUT2D eigenvalue weighted by Gasteiger charge is 2.41. The largest absolute Gasteiger partial charge is 0.341 e. The number of carbonyl (C=O) groups excluding carboxylic acids is 1. The zero-order valence-corrected chi connectivity index (χ0v) is 16.9. The van der Waals surface area contributed by atoms with Crippen LogP contribution in [0, 0.1) is 6.92 Å². The molecule has 2 aliphatic heterocycles. The van der Waals surface area contributed by atoms with Gasteiger partial charge in [0.15, 0.2) is 0 Å². The van der Waals surface area contributed by atoms with E-state index in [4.69, 9.17) is 0 Å². The molecule has 2 fully saturated rings. The molecule has 1 aromatic heterocycles. The van der Waals surface area contributed by atoms with E-state index in [0.717, 1.165) is 18.4 Å². The molecule has 1 aromatic carbocycles. The second-order valence-corrected chi connectivity index (χ2v) is 9.54. The minimum atomic E-state index is -3.66. The number of aryl methyl sites for hydroxylation is 1. The molecule has 0 unspecified atom stereocenters. The summed E-state index contributed by atoms with van der Waals surface area (Å²) in [6.45, 7) is 3.62. The second kappa shape index (κ2) is 7.67. The molecule has 2 aliphatic rings. The second-order valence-electron chi connectivity index (χ2n) is 7.65. The smallest absolute Gasteiger partial charge is 0.243 e. The first-order valence-corrected chi connectivity index (χ1v) is 11.3. The van der Waals surface area contributed by atoms with Crippen LogP contribution in [-0.4, -0.2) is 58.8 Å². The summed E-state index contributed by atoms with van der Waals surface area (Å²) in [5.74, 6) is -0.0581. The summed E-state index contributed by atoms with van der Waals surface area (Å²) in [6, 6.07) is 6.60. The molecule has 1 atom stereocenters. The van der Waals surface area contributed by atoms with Gasteiger partial charge < -0.3 is 9.47 Å². The molecule has 0 radical (unpaired) electrons. The molecule has 7 nitrogen and oxygen atoms in total. The Balaban J connectivity index is 1.46. The standard InChI is InChI=1S/C20H26N4O3S/c1-16-4-6-18(7-5-16)28(26,27)24-11-2-3-19(24)20(25)22-12-8-17(9-13-22)23-14-10-21-15-23/h4-7,10,14-15,17,19H,2-3,8-9,11-13H2,1H3/t19-/m0/s1. The molecule has 0 saturated carbocycles. The summed E-state index contributed by atoms with van der Waals surface area (Å²) < 4.78 is 29.7. The van der Waals surface area contributed by atoms with Crippen LogP contribution in [0.1, 0.15) is 37.3 Å². The SMILES string of the molecule is Cc1ccc(S(=O)(=O)N2CCC[C@H]2C(=O)N2CCC(n3ccnc3)CC2)cc1. The predicted octanol–water partition coefficient (Wildman–Crippen LogP) is 2.21. The lowest BCUT2D eigenvalue weighted by Crippen LogP contribution is -2.50. The molecule has 4 rings (SSSR count). The third-order valence-corrected chi connectivity index (χ3v) is 7.76. The Morgan fingerprint density at radius 3 is 2.43 bits per heavy atom. The van der Waals surface area contributed by atoms with Crippen molar-refractivity contribution in [2.75, 3.05) is 19.6 Å². The molecule has 1 amide bonds. The Morgan fingerprint density at radius 2 is 1.79 bits per heavy atom. The van der Waals surface area contributed by atoms with E-state index in [1.165, 1.54) is 4.31 Å². The number of imidazole rings is 1. The van der Waals surface area contributed by atoms with E-state index in [1.54, 1.807) is 30.5 Å². The first kappa shape index (κ1) is 19.1. The number of nitrogens with zero attached hydrogens (tertiary/aromatic N) is 4. The van der Waals surface area contributed by atoms with E-state index in [1.807, 2.05) is 24.3 Å². The summed E-state index contributed by atoms with van der Waals surface area (Å²) in [6.07, 6.45) is 8.56. The lowest BCUT2D eigenvalue weighted by atomic mass is 10.0. The Labute approximate surface area is 166 Å². The fraction of sp³-hybridized carbons (Fsp3) is 0.500. The fourth-order valence-corrected chi connectivity index (χ4v) is 5.85. The van der Waals surface area contributed by atoms with Crippen LogP contribution in [0.3, 0.4) is 0 Å². The number of aromatic nitrogens is 2. The Morgan fingerprint density at radius 1 is 1.07 bits per heavy atom. The van der Waals surface area contributed by atoms with Gasteiger partial charge >= 0.3 is 0 Å². The molecule has 0 spiro atoms. The number of sulfonamides is 1. The first-order chi connectivity index (χ1) is 13.5. The summed E-state index contributed by atoms with van der Waals surface area (Å²) in [4.78, 5) is 19.3. The number of piperidine rings is 1. The van der Waals surface area contributed by atoms with Gasteiger partial charge in [-0.1, -0.05) is 17.7 Å². The average molecular weight is 403 g/mol. The lowest BCUT2D eigenvalue weighted by Gasteiger charge is -2.35. The van der Waals surface area contributed by atoms with Gasteiger partial charge in [0.2, 0.25) is 15.9 Å². The van der Waals surface area contributed by atoms with Gasteiger partial charge in [-0.05, 0) is 44.7 Å². The van der Waals surface area contributed by atoms with E-state index in [2.05, 4.69) is 9.55 Å². The van der Waals surface area contributed by atoms with Gasteiger partial charge in [-0.2, -0.15) is 4.31 Å². The van der Waals surface area contributed by atoms with Gasteiger partial charge in [0, 0.05) is 38.1 Å². The summed E-state index contributed by atoms with van der Waals surface area (Å²) in [7, 11) is -3.66. The van der Waals surface area contributed by atoms with Gasteiger partial charge in [0.25, 0.3) is 0 Å².